The van der Waals surface area contributed by atoms with Crippen LogP contribution in [0.5, 0.6) is 0 Å². The minimum atomic E-state index is -3.61. The molecule has 1 aliphatic rings. The predicted octanol–water partition coefficient (Wildman–Crippen LogP) is 3.05. The number of hydrogen-bond acceptors (Lipinski definition) is 4. The van der Waals surface area contributed by atoms with Crippen molar-refractivity contribution in [1.29, 1.82) is 0 Å². The van der Waals surface area contributed by atoms with Crippen molar-refractivity contribution < 1.29 is 13.2 Å². The number of piperidine rings is 1. The maximum atomic E-state index is 13.0. The largest absolute Gasteiger partial charge is 0.310 e. The van der Waals surface area contributed by atoms with Gasteiger partial charge in [0.05, 0.1) is 10.8 Å². The van der Waals surface area contributed by atoms with Gasteiger partial charge >= 0.3 is 0 Å². The third kappa shape index (κ3) is 4.36. The molecular weight excluding hydrogens is 362 g/mol. The summed E-state index contributed by atoms with van der Waals surface area (Å²) in [5, 5.41) is 2.81. The maximum Gasteiger partial charge on any atom is 0.243 e. The lowest BCUT2D eigenvalue weighted by Gasteiger charge is -2.31. The summed E-state index contributed by atoms with van der Waals surface area (Å²) < 4.78 is 27.4. The smallest absolute Gasteiger partial charge is 0.243 e. The molecule has 144 valence electrons. The summed E-state index contributed by atoms with van der Waals surface area (Å²) in [5.74, 6) is -0.0791. The number of amides is 1. The third-order valence-corrected chi connectivity index (χ3v) is 6.87. The number of rotatable bonds is 4. The molecule has 7 heteroatoms. The summed E-state index contributed by atoms with van der Waals surface area (Å²) >= 11 is 0. The SMILES string of the molecule is Cc1cccc(NC(=O)C2CCCN(S(=O)(=O)c3ccc(C)c(C)c3)C2)n1. The van der Waals surface area contributed by atoms with E-state index < -0.39 is 10.0 Å². The van der Waals surface area contributed by atoms with Crippen molar-refractivity contribution in [3.8, 4) is 0 Å². The highest BCUT2D eigenvalue weighted by Crippen LogP contribution is 2.25. The van der Waals surface area contributed by atoms with Gasteiger partial charge in [0, 0.05) is 18.8 Å². The van der Waals surface area contributed by atoms with E-state index in [1.54, 1.807) is 18.2 Å². The Kier molecular flexibility index (Phi) is 5.62. The molecule has 1 aromatic carbocycles. The van der Waals surface area contributed by atoms with Gasteiger partial charge in [-0.1, -0.05) is 12.1 Å². The molecule has 1 atom stereocenters. The van der Waals surface area contributed by atoms with Crippen molar-refractivity contribution in [3.05, 3.63) is 53.2 Å². The number of sulfonamides is 1. The van der Waals surface area contributed by atoms with Gasteiger partial charge in [-0.25, -0.2) is 13.4 Å². The van der Waals surface area contributed by atoms with Gasteiger partial charge < -0.3 is 5.32 Å². The fourth-order valence-electron chi connectivity index (χ4n) is 3.24. The van der Waals surface area contributed by atoms with Crippen LogP contribution in [0.1, 0.15) is 29.7 Å². The van der Waals surface area contributed by atoms with E-state index in [9.17, 15) is 13.2 Å². The molecule has 0 saturated carbocycles. The molecule has 2 heterocycles. The van der Waals surface area contributed by atoms with Crippen LogP contribution < -0.4 is 5.32 Å². The van der Waals surface area contributed by atoms with Crippen LogP contribution in [0.4, 0.5) is 5.82 Å². The molecule has 27 heavy (non-hydrogen) atoms. The molecule has 0 radical (unpaired) electrons. The average Bonchev–Trinajstić information content (AvgIpc) is 2.64. The zero-order valence-electron chi connectivity index (χ0n) is 15.9. The van der Waals surface area contributed by atoms with Crippen molar-refractivity contribution in [3.63, 3.8) is 0 Å². The van der Waals surface area contributed by atoms with Gasteiger partial charge in [0.2, 0.25) is 15.9 Å². The molecule has 0 aliphatic carbocycles. The van der Waals surface area contributed by atoms with Crippen LogP contribution in [0.25, 0.3) is 0 Å². The first kappa shape index (κ1) is 19.5. The Bertz CT molecular complexity index is 957. The number of carbonyl (C=O) groups excluding carboxylic acids is 1. The van der Waals surface area contributed by atoms with Gasteiger partial charge in [-0.2, -0.15) is 4.31 Å². The molecule has 0 bridgehead atoms. The molecule has 1 N–H and O–H groups in total. The highest BCUT2D eigenvalue weighted by atomic mass is 32.2. The Morgan fingerprint density at radius 3 is 2.63 bits per heavy atom. The Morgan fingerprint density at radius 1 is 1.15 bits per heavy atom. The minimum Gasteiger partial charge on any atom is -0.310 e. The van der Waals surface area contributed by atoms with Gasteiger partial charge in [-0.15, -0.1) is 0 Å². The first-order valence-electron chi connectivity index (χ1n) is 9.09. The number of aryl methyl sites for hydroxylation is 3. The monoisotopic (exact) mass is 387 g/mol. The molecule has 6 nitrogen and oxygen atoms in total. The second-order valence-electron chi connectivity index (χ2n) is 7.10. The highest BCUT2D eigenvalue weighted by molar-refractivity contribution is 7.89. The van der Waals surface area contributed by atoms with E-state index in [1.165, 1.54) is 4.31 Å². The van der Waals surface area contributed by atoms with Crippen molar-refractivity contribution in [2.45, 2.75) is 38.5 Å². The van der Waals surface area contributed by atoms with E-state index in [-0.39, 0.29) is 23.3 Å². The summed E-state index contributed by atoms with van der Waals surface area (Å²) in [6.45, 7) is 6.32. The standard InChI is InChI=1S/C20H25N3O3S/c1-14-9-10-18(12-15(14)2)27(25,26)23-11-5-7-17(13-23)20(24)22-19-8-4-6-16(3)21-19/h4,6,8-10,12,17H,5,7,11,13H2,1-3H3,(H,21,22,24). The summed E-state index contributed by atoms with van der Waals surface area (Å²) in [6, 6.07) is 10.6. The quantitative estimate of drug-likeness (QED) is 0.874. The molecular formula is C20H25N3O3S. The number of nitrogens with zero attached hydrogens (tertiary/aromatic N) is 2. The van der Waals surface area contributed by atoms with Gasteiger partial charge in [0.15, 0.2) is 0 Å². The van der Waals surface area contributed by atoms with E-state index in [0.717, 1.165) is 16.8 Å². The lowest BCUT2D eigenvalue weighted by Crippen LogP contribution is -2.43. The molecule has 1 unspecified atom stereocenters. The van der Waals surface area contributed by atoms with Crippen LogP contribution in [-0.4, -0.2) is 36.7 Å². The van der Waals surface area contributed by atoms with Gasteiger partial charge in [-0.05, 0) is 69.0 Å². The summed E-state index contributed by atoms with van der Waals surface area (Å²) in [7, 11) is -3.61. The zero-order valence-corrected chi connectivity index (χ0v) is 16.7. The van der Waals surface area contributed by atoms with Crippen molar-refractivity contribution in [2.24, 2.45) is 5.92 Å². The topological polar surface area (TPSA) is 79.4 Å². The van der Waals surface area contributed by atoms with Crippen LogP contribution >= 0.6 is 0 Å². The number of anilines is 1. The molecule has 1 amide bonds. The minimum absolute atomic E-state index is 0.187. The Hall–Kier alpha value is -2.25. The number of aromatic nitrogens is 1. The molecule has 1 fully saturated rings. The highest BCUT2D eigenvalue weighted by Gasteiger charge is 2.33. The summed E-state index contributed by atoms with van der Waals surface area (Å²) in [5.41, 5.74) is 2.80. The predicted molar refractivity (Wildman–Crippen MR) is 105 cm³/mol. The van der Waals surface area contributed by atoms with Crippen molar-refractivity contribution in [2.75, 3.05) is 18.4 Å². The second-order valence-corrected chi connectivity index (χ2v) is 9.04. The number of pyridine rings is 1. The number of benzene rings is 1. The van der Waals surface area contributed by atoms with E-state index in [2.05, 4.69) is 10.3 Å². The van der Waals surface area contributed by atoms with E-state index in [0.29, 0.717) is 25.2 Å². The lowest BCUT2D eigenvalue weighted by molar-refractivity contribution is -0.120. The van der Waals surface area contributed by atoms with Crippen LogP contribution in [0.2, 0.25) is 0 Å². The van der Waals surface area contributed by atoms with Gasteiger partial charge in [0.1, 0.15) is 5.82 Å². The maximum absolute atomic E-state index is 13.0. The average molecular weight is 388 g/mol. The van der Waals surface area contributed by atoms with Crippen molar-refractivity contribution >= 4 is 21.7 Å². The number of carbonyl (C=O) groups is 1. The first-order chi connectivity index (χ1) is 12.8. The molecule has 1 aliphatic heterocycles. The van der Waals surface area contributed by atoms with E-state index in [1.807, 2.05) is 39.0 Å². The molecule has 2 aromatic rings. The summed E-state index contributed by atoms with van der Waals surface area (Å²) in [6.07, 6.45) is 1.32. The lowest BCUT2D eigenvalue weighted by atomic mass is 9.99. The normalized spacial score (nSPS) is 18.3. The number of hydrogen-bond donors (Lipinski definition) is 1. The summed E-state index contributed by atoms with van der Waals surface area (Å²) in [4.78, 5) is 17.2. The third-order valence-electron chi connectivity index (χ3n) is 5.01. The van der Waals surface area contributed by atoms with Crippen LogP contribution in [0, 0.1) is 26.7 Å². The van der Waals surface area contributed by atoms with Crippen LogP contribution in [0.3, 0.4) is 0 Å². The molecule has 0 spiro atoms. The van der Waals surface area contributed by atoms with Crippen LogP contribution in [-0.2, 0) is 14.8 Å². The fraction of sp³-hybridized carbons (Fsp3) is 0.400. The van der Waals surface area contributed by atoms with Crippen molar-refractivity contribution in [1.82, 2.24) is 9.29 Å². The number of nitrogens with one attached hydrogen (secondary N) is 1. The Balaban J connectivity index is 1.74. The zero-order chi connectivity index (χ0) is 19.6. The van der Waals surface area contributed by atoms with E-state index in [4.69, 9.17) is 0 Å². The second kappa shape index (κ2) is 7.78. The molecule has 3 rings (SSSR count). The Labute approximate surface area is 160 Å². The fourth-order valence-corrected chi connectivity index (χ4v) is 4.85. The van der Waals surface area contributed by atoms with Crippen LogP contribution in [0.15, 0.2) is 41.3 Å². The van der Waals surface area contributed by atoms with Gasteiger partial charge in [-0.3, -0.25) is 4.79 Å². The van der Waals surface area contributed by atoms with Gasteiger partial charge in [0.25, 0.3) is 0 Å². The first-order valence-corrected chi connectivity index (χ1v) is 10.5. The Morgan fingerprint density at radius 2 is 1.93 bits per heavy atom. The van der Waals surface area contributed by atoms with E-state index >= 15 is 0 Å². The molecule has 1 saturated heterocycles. The molecule has 1 aromatic heterocycles.